The molecule has 4 nitrogen and oxygen atoms in total. The third kappa shape index (κ3) is 4.19. The van der Waals surface area contributed by atoms with Crippen LogP contribution in [0, 0.1) is 17.5 Å². The first-order chi connectivity index (χ1) is 12.4. The van der Waals surface area contributed by atoms with E-state index in [1.165, 1.54) is 40.9 Å². The number of rotatable bonds is 5. The standard InChI is InChI=1S/C18H15F3N2O2S/c19-11-2-1-3-13(8-11)22-16(24)6-7-23-17(25)10-26-18(23)14-5-4-12(20)9-15(14)21/h1-5,8-9,18H,6-7,10H2,(H,22,24). The summed E-state index contributed by atoms with van der Waals surface area (Å²) in [6, 6.07) is 8.68. The van der Waals surface area contributed by atoms with E-state index in [0.717, 1.165) is 12.1 Å². The molecule has 26 heavy (non-hydrogen) atoms. The van der Waals surface area contributed by atoms with Crippen LogP contribution in [0.5, 0.6) is 0 Å². The van der Waals surface area contributed by atoms with Crippen molar-refractivity contribution in [2.45, 2.75) is 11.8 Å². The van der Waals surface area contributed by atoms with Gasteiger partial charge in [0.1, 0.15) is 22.8 Å². The van der Waals surface area contributed by atoms with Crippen molar-refractivity contribution < 1.29 is 22.8 Å². The summed E-state index contributed by atoms with van der Waals surface area (Å²) in [5, 5.41) is 1.94. The Morgan fingerprint density at radius 1 is 1.15 bits per heavy atom. The van der Waals surface area contributed by atoms with Crippen LogP contribution in [0.3, 0.4) is 0 Å². The molecular formula is C18H15F3N2O2S. The first-order valence-corrected chi connectivity index (χ1v) is 8.90. The van der Waals surface area contributed by atoms with Crippen LogP contribution in [-0.4, -0.2) is 29.0 Å². The average Bonchev–Trinajstić information content (AvgIpc) is 2.93. The lowest BCUT2D eigenvalue weighted by Gasteiger charge is -2.24. The van der Waals surface area contributed by atoms with Crippen molar-refractivity contribution in [2.24, 2.45) is 0 Å². The van der Waals surface area contributed by atoms with Gasteiger partial charge in [-0.25, -0.2) is 13.2 Å². The summed E-state index contributed by atoms with van der Waals surface area (Å²) >= 11 is 1.22. The van der Waals surface area contributed by atoms with Crippen molar-refractivity contribution in [3.63, 3.8) is 0 Å². The summed E-state index contributed by atoms with van der Waals surface area (Å²) in [4.78, 5) is 25.5. The van der Waals surface area contributed by atoms with E-state index >= 15 is 0 Å². The lowest BCUT2D eigenvalue weighted by molar-refractivity contribution is -0.128. The fourth-order valence-corrected chi connectivity index (χ4v) is 3.91. The zero-order valence-electron chi connectivity index (χ0n) is 13.5. The number of halogens is 3. The molecule has 1 fully saturated rings. The van der Waals surface area contributed by atoms with Crippen LogP contribution in [0.2, 0.25) is 0 Å². The Balaban J connectivity index is 1.65. The molecule has 1 atom stereocenters. The van der Waals surface area contributed by atoms with Crippen molar-refractivity contribution in [3.05, 3.63) is 65.5 Å². The van der Waals surface area contributed by atoms with Crippen molar-refractivity contribution >= 4 is 29.3 Å². The largest absolute Gasteiger partial charge is 0.326 e. The highest BCUT2D eigenvalue weighted by Gasteiger charge is 2.34. The average molecular weight is 380 g/mol. The van der Waals surface area contributed by atoms with Crippen LogP contribution < -0.4 is 5.32 Å². The Morgan fingerprint density at radius 2 is 1.92 bits per heavy atom. The number of hydrogen-bond acceptors (Lipinski definition) is 3. The van der Waals surface area contributed by atoms with Gasteiger partial charge < -0.3 is 10.2 Å². The molecule has 1 aliphatic rings. The lowest BCUT2D eigenvalue weighted by atomic mass is 10.2. The Hall–Kier alpha value is -2.48. The molecule has 0 spiro atoms. The molecule has 0 aliphatic carbocycles. The predicted molar refractivity (Wildman–Crippen MR) is 92.9 cm³/mol. The maximum Gasteiger partial charge on any atom is 0.233 e. The summed E-state index contributed by atoms with van der Waals surface area (Å²) in [7, 11) is 0. The fourth-order valence-electron chi connectivity index (χ4n) is 2.67. The van der Waals surface area contributed by atoms with Crippen LogP contribution in [0.25, 0.3) is 0 Å². The molecule has 0 radical (unpaired) electrons. The fraction of sp³-hybridized carbons (Fsp3) is 0.222. The second kappa shape index (κ2) is 7.82. The molecule has 0 saturated carbocycles. The van der Waals surface area contributed by atoms with E-state index < -0.39 is 28.7 Å². The molecule has 1 aliphatic heterocycles. The predicted octanol–water partition coefficient (Wildman–Crippen LogP) is 3.71. The zero-order chi connectivity index (χ0) is 18.7. The van der Waals surface area contributed by atoms with Gasteiger partial charge in [0.05, 0.1) is 5.75 Å². The van der Waals surface area contributed by atoms with Gasteiger partial charge >= 0.3 is 0 Å². The van der Waals surface area contributed by atoms with E-state index in [1.54, 1.807) is 6.07 Å². The summed E-state index contributed by atoms with van der Waals surface area (Å²) in [6.07, 6.45) is -0.0257. The number of carbonyl (C=O) groups excluding carboxylic acids is 2. The third-order valence-electron chi connectivity index (χ3n) is 3.88. The molecule has 2 amide bonds. The summed E-state index contributed by atoms with van der Waals surface area (Å²) < 4.78 is 40.2. The van der Waals surface area contributed by atoms with Crippen molar-refractivity contribution in [3.8, 4) is 0 Å². The molecule has 0 aromatic heterocycles. The SMILES string of the molecule is O=C(CCN1C(=O)CSC1c1ccc(F)cc1F)Nc1cccc(F)c1. The number of nitrogens with one attached hydrogen (secondary N) is 1. The molecule has 1 saturated heterocycles. The quantitative estimate of drug-likeness (QED) is 0.860. The minimum atomic E-state index is -0.730. The zero-order valence-corrected chi connectivity index (χ0v) is 14.4. The first kappa shape index (κ1) is 18.3. The van der Waals surface area contributed by atoms with Crippen molar-refractivity contribution in [1.29, 1.82) is 0 Å². The molecule has 8 heteroatoms. The minimum absolute atomic E-state index is 0.0257. The lowest BCUT2D eigenvalue weighted by Crippen LogP contribution is -2.32. The molecule has 1 unspecified atom stereocenters. The normalized spacial score (nSPS) is 16.8. The van der Waals surface area contributed by atoms with Gasteiger partial charge in [-0.05, 0) is 24.3 Å². The second-order valence-electron chi connectivity index (χ2n) is 5.72. The van der Waals surface area contributed by atoms with Gasteiger partial charge in [-0.3, -0.25) is 9.59 Å². The summed E-state index contributed by atoms with van der Waals surface area (Å²) in [5.74, 6) is -2.35. The summed E-state index contributed by atoms with van der Waals surface area (Å²) in [5.41, 5.74) is 0.519. The molecule has 0 bridgehead atoms. The monoisotopic (exact) mass is 380 g/mol. The molecule has 2 aromatic rings. The smallest absolute Gasteiger partial charge is 0.233 e. The molecule has 1 N–H and O–H groups in total. The van der Waals surface area contributed by atoms with E-state index in [2.05, 4.69) is 5.32 Å². The van der Waals surface area contributed by atoms with Gasteiger partial charge in [0.2, 0.25) is 11.8 Å². The van der Waals surface area contributed by atoms with Crippen molar-refractivity contribution in [1.82, 2.24) is 4.90 Å². The number of hydrogen-bond donors (Lipinski definition) is 1. The highest BCUT2D eigenvalue weighted by atomic mass is 32.2. The number of benzene rings is 2. The number of amides is 2. The third-order valence-corrected chi connectivity index (χ3v) is 5.12. The minimum Gasteiger partial charge on any atom is -0.326 e. The van der Waals surface area contributed by atoms with Crippen LogP contribution in [0.15, 0.2) is 42.5 Å². The Kier molecular flexibility index (Phi) is 5.51. The number of nitrogens with zero attached hydrogens (tertiary/aromatic N) is 1. The van der Waals surface area contributed by atoms with E-state index in [4.69, 9.17) is 0 Å². The molecule has 136 valence electrons. The van der Waals surface area contributed by atoms with E-state index in [9.17, 15) is 22.8 Å². The van der Waals surface area contributed by atoms with Crippen LogP contribution in [-0.2, 0) is 9.59 Å². The molecule has 2 aromatic carbocycles. The van der Waals surface area contributed by atoms with Gasteiger partial charge in [0, 0.05) is 30.3 Å². The number of anilines is 1. The van der Waals surface area contributed by atoms with E-state index in [1.807, 2.05) is 0 Å². The van der Waals surface area contributed by atoms with Gasteiger partial charge in [-0.2, -0.15) is 0 Å². The topological polar surface area (TPSA) is 49.4 Å². The Labute approximate surface area is 152 Å². The Morgan fingerprint density at radius 3 is 2.65 bits per heavy atom. The Bertz CT molecular complexity index is 847. The maximum atomic E-state index is 14.0. The second-order valence-corrected chi connectivity index (χ2v) is 6.79. The van der Waals surface area contributed by atoms with Gasteiger partial charge in [-0.1, -0.05) is 12.1 Å². The number of thioether (sulfide) groups is 1. The van der Waals surface area contributed by atoms with Gasteiger partial charge in [0.15, 0.2) is 0 Å². The van der Waals surface area contributed by atoms with E-state index in [0.29, 0.717) is 5.69 Å². The van der Waals surface area contributed by atoms with Gasteiger partial charge in [0.25, 0.3) is 0 Å². The van der Waals surface area contributed by atoms with E-state index in [-0.39, 0.29) is 30.2 Å². The highest BCUT2D eigenvalue weighted by Crippen LogP contribution is 2.39. The van der Waals surface area contributed by atoms with Crippen LogP contribution >= 0.6 is 11.8 Å². The maximum absolute atomic E-state index is 14.0. The molecule has 1 heterocycles. The van der Waals surface area contributed by atoms with Crippen LogP contribution in [0.1, 0.15) is 17.4 Å². The van der Waals surface area contributed by atoms with Gasteiger partial charge in [-0.15, -0.1) is 11.8 Å². The van der Waals surface area contributed by atoms with Crippen LogP contribution in [0.4, 0.5) is 18.9 Å². The molecular weight excluding hydrogens is 365 g/mol. The highest BCUT2D eigenvalue weighted by molar-refractivity contribution is 8.00. The summed E-state index contributed by atoms with van der Waals surface area (Å²) in [6.45, 7) is 0.0778. The number of carbonyl (C=O) groups is 2. The molecule has 3 rings (SSSR count). The first-order valence-electron chi connectivity index (χ1n) is 7.85. The van der Waals surface area contributed by atoms with Crippen molar-refractivity contribution in [2.75, 3.05) is 17.6 Å².